The van der Waals surface area contributed by atoms with Crippen molar-refractivity contribution in [2.75, 3.05) is 11.9 Å². The molecule has 35 heavy (non-hydrogen) atoms. The third kappa shape index (κ3) is 6.32. The lowest BCUT2D eigenvalue weighted by Crippen LogP contribution is -2.36. The van der Waals surface area contributed by atoms with Crippen LogP contribution in [0.25, 0.3) is 6.08 Å². The first-order chi connectivity index (χ1) is 16.8. The van der Waals surface area contributed by atoms with Crippen LogP contribution in [0.2, 0.25) is 5.02 Å². The SMILES string of the molecule is Cc1ccc(C)c(NC(=O)CN2C(=O)S/C(=C/c3cccc(OCc4ccc(Cl)cc4)c3)C2=O)c1. The summed E-state index contributed by atoms with van der Waals surface area (Å²) in [6.45, 7) is 3.82. The highest BCUT2D eigenvalue weighted by Crippen LogP contribution is 2.32. The first kappa shape index (κ1) is 24.6. The summed E-state index contributed by atoms with van der Waals surface area (Å²) in [5, 5.41) is 2.96. The first-order valence-corrected chi connectivity index (χ1v) is 12.1. The summed E-state index contributed by atoms with van der Waals surface area (Å²) < 4.78 is 5.84. The summed E-state index contributed by atoms with van der Waals surface area (Å²) in [6, 6.07) is 20.3. The summed E-state index contributed by atoms with van der Waals surface area (Å²) in [6.07, 6.45) is 1.63. The number of rotatable bonds is 7. The van der Waals surface area contributed by atoms with Gasteiger partial charge < -0.3 is 10.1 Å². The van der Waals surface area contributed by atoms with Crippen molar-refractivity contribution in [3.63, 3.8) is 0 Å². The zero-order chi connectivity index (χ0) is 24.9. The third-order valence-corrected chi connectivity index (χ3v) is 6.48. The van der Waals surface area contributed by atoms with Crippen LogP contribution in [0.3, 0.4) is 0 Å². The monoisotopic (exact) mass is 506 g/mol. The molecule has 1 aliphatic heterocycles. The predicted molar refractivity (Wildman–Crippen MR) is 139 cm³/mol. The van der Waals surface area contributed by atoms with Crippen molar-refractivity contribution >= 4 is 52.2 Å². The second-order valence-electron chi connectivity index (χ2n) is 8.12. The molecule has 3 amide bonds. The average Bonchev–Trinajstić information content (AvgIpc) is 3.08. The van der Waals surface area contributed by atoms with Crippen LogP contribution in [-0.4, -0.2) is 28.5 Å². The minimum absolute atomic E-state index is 0.254. The smallest absolute Gasteiger partial charge is 0.294 e. The van der Waals surface area contributed by atoms with Gasteiger partial charge in [0.1, 0.15) is 18.9 Å². The molecule has 3 aromatic carbocycles. The Morgan fingerprint density at radius 1 is 1.06 bits per heavy atom. The Balaban J connectivity index is 1.40. The van der Waals surface area contributed by atoms with E-state index < -0.39 is 17.1 Å². The van der Waals surface area contributed by atoms with E-state index in [2.05, 4.69) is 5.32 Å². The first-order valence-electron chi connectivity index (χ1n) is 10.9. The fourth-order valence-corrected chi connectivity index (χ4v) is 4.40. The molecule has 8 heteroatoms. The molecule has 1 aliphatic rings. The second-order valence-corrected chi connectivity index (χ2v) is 9.55. The normalized spacial score (nSPS) is 14.5. The molecule has 178 valence electrons. The van der Waals surface area contributed by atoms with Gasteiger partial charge in [0.05, 0.1) is 4.91 Å². The molecular weight excluding hydrogens is 484 g/mol. The molecule has 0 unspecified atom stereocenters. The molecule has 1 heterocycles. The lowest BCUT2D eigenvalue weighted by atomic mass is 10.1. The number of carbonyl (C=O) groups excluding carboxylic acids is 3. The van der Waals surface area contributed by atoms with Crippen molar-refractivity contribution in [1.82, 2.24) is 4.90 Å². The quantitative estimate of drug-likeness (QED) is 0.385. The van der Waals surface area contributed by atoms with Gasteiger partial charge in [0, 0.05) is 10.7 Å². The maximum atomic E-state index is 12.8. The Labute approximate surface area is 212 Å². The highest BCUT2D eigenvalue weighted by molar-refractivity contribution is 8.18. The maximum Gasteiger partial charge on any atom is 0.294 e. The lowest BCUT2D eigenvalue weighted by Gasteiger charge is -2.14. The summed E-state index contributed by atoms with van der Waals surface area (Å²) in [5.74, 6) is -0.302. The molecule has 0 bridgehead atoms. The topological polar surface area (TPSA) is 75.7 Å². The van der Waals surface area contributed by atoms with Crippen molar-refractivity contribution in [2.24, 2.45) is 0 Å². The molecule has 0 aliphatic carbocycles. The Bertz CT molecular complexity index is 1320. The van der Waals surface area contributed by atoms with E-state index >= 15 is 0 Å². The molecule has 3 aromatic rings. The average molecular weight is 507 g/mol. The fraction of sp³-hybridized carbons (Fsp3) is 0.148. The Morgan fingerprint density at radius 2 is 1.83 bits per heavy atom. The highest BCUT2D eigenvalue weighted by atomic mass is 35.5. The van der Waals surface area contributed by atoms with E-state index in [1.54, 1.807) is 24.3 Å². The fourth-order valence-electron chi connectivity index (χ4n) is 3.43. The number of anilines is 1. The van der Waals surface area contributed by atoms with Crippen LogP contribution in [0.5, 0.6) is 5.75 Å². The van der Waals surface area contributed by atoms with Gasteiger partial charge in [0.25, 0.3) is 11.1 Å². The van der Waals surface area contributed by atoms with Gasteiger partial charge >= 0.3 is 0 Å². The van der Waals surface area contributed by atoms with Gasteiger partial charge in [-0.1, -0.05) is 48.0 Å². The van der Waals surface area contributed by atoms with E-state index in [0.717, 1.165) is 33.4 Å². The van der Waals surface area contributed by atoms with Gasteiger partial charge in [0.15, 0.2) is 0 Å². The number of aryl methyl sites for hydroxylation is 2. The van der Waals surface area contributed by atoms with Crippen molar-refractivity contribution in [2.45, 2.75) is 20.5 Å². The van der Waals surface area contributed by atoms with E-state index in [1.807, 2.05) is 62.4 Å². The van der Waals surface area contributed by atoms with Gasteiger partial charge in [-0.05, 0) is 84.3 Å². The largest absolute Gasteiger partial charge is 0.489 e. The Hall–Kier alpha value is -3.55. The summed E-state index contributed by atoms with van der Waals surface area (Å²) >= 11 is 6.73. The van der Waals surface area contributed by atoms with Crippen molar-refractivity contribution in [3.8, 4) is 5.75 Å². The minimum atomic E-state index is -0.497. The van der Waals surface area contributed by atoms with E-state index in [4.69, 9.17) is 16.3 Å². The highest BCUT2D eigenvalue weighted by Gasteiger charge is 2.36. The number of hydrogen-bond donors (Lipinski definition) is 1. The third-order valence-electron chi connectivity index (χ3n) is 5.32. The van der Waals surface area contributed by atoms with Gasteiger partial charge in [-0.25, -0.2) is 0 Å². The van der Waals surface area contributed by atoms with E-state index in [-0.39, 0.29) is 11.4 Å². The number of amides is 3. The second kappa shape index (κ2) is 10.8. The molecule has 1 N–H and O–H groups in total. The number of benzene rings is 3. The van der Waals surface area contributed by atoms with Crippen molar-refractivity contribution < 1.29 is 19.1 Å². The van der Waals surface area contributed by atoms with Crippen LogP contribution in [-0.2, 0) is 16.2 Å². The Kier molecular flexibility index (Phi) is 7.58. The molecule has 0 saturated carbocycles. The summed E-state index contributed by atoms with van der Waals surface area (Å²) in [5.41, 5.74) is 4.24. The number of nitrogens with one attached hydrogen (secondary N) is 1. The molecule has 0 atom stereocenters. The minimum Gasteiger partial charge on any atom is -0.489 e. The number of carbonyl (C=O) groups is 3. The zero-order valence-electron chi connectivity index (χ0n) is 19.2. The van der Waals surface area contributed by atoms with Crippen LogP contribution >= 0.6 is 23.4 Å². The maximum absolute atomic E-state index is 12.8. The van der Waals surface area contributed by atoms with Crippen LogP contribution in [0, 0.1) is 13.8 Å². The summed E-state index contributed by atoms with van der Waals surface area (Å²) in [7, 11) is 0. The number of hydrogen-bond acceptors (Lipinski definition) is 5. The lowest BCUT2D eigenvalue weighted by molar-refractivity contribution is -0.127. The Morgan fingerprint density at radius 3 is 2.60 bits per heavy atom. The summed E-state index contributed by atoms with van der Waals surface area (Å²) in [4.78, 5) is 39.0. The molecule has 1 saturated heterocycles. The van der Waals surface area contributed by atoms with Gasteiger partial charge in [-0.2, -0.15) is 0 Å². The zero-order valence-corrected chi connectivity index (χ0v) is 20.8. The van der Waals surface area contributed by atoms with E-state index in [1.165, 1.54) is 0 Å². The van der Waals surface area contributed by atoms with E-state index in [0.29, 0.717) is 28.6 Å². The molecule has 1 fully saturated rings. The van der Waals surface area contributed by atoms with Crippen LogP contribution in [0.15, 0.2) is 71.6 Å². The van der Waals surface area contributed by atoms with Crippen molar-refractivity contribution in [1.29, 1.82) is 0 Å². The molecular formula is C27H23ClN2O4S. The molecule has 4 rings (SSSR count). The van der Waals surface area contributed by atoms with Gasteiger partial charge in [0.2, 0.25) is 5.91 Å². The standard InChI is InChI=1S/C27H23ClN2O4S/c1-17-6-7-18(2)23(12-17)29-25(31)15-30-26(32)24(35-27(30)33)14-20-4-3-5-22(13-20)34-16-19-8-10-21(28)11-9-19/h3-14H,15-16H2,1-2H3,(H,29,31)/b24-14+. The number of thioether (sulfide) groups is 1. The van der Waals surface area contributed by atoms with Gasteiger partial charge in [-0.15, -0.1) is 0 Å². The number of imide groups is 1. The molecule has 0 spiro atoms. The predicted octanol–water partition coefficient (Wildman–Crippen LogP) is 6.21. The molecule has 0 radical (unpaired) electrons. The molecule has 6 nitrogen and oxygen atoms in total. The van der Waals surface area contributed by atoms with Gasteiger partial charge in [-0.3, -0.25) is 19.3 Å². The van der Waals surface area contributed by atoms with Crippen LogP contribution in [0.4, 0.5) is 10.5 Å². The van der Waals surface area contributed by atoms with Crippen molar-refractivity contribution in [3.05, 3.63) is 98.9 Å². The molecule has 0 aromatic heterocycles. The van der Waals surface area contributed by atoms with E-state index in [9.17, 15) is 14.4 Å². The van der Waals surface area contributed by atoms with Crippen LogP contribution < -0.4 is 10.1 Å². The van der Waals surface area contributed by atoms with Crippen LogP contribution in [0.1, 0.15) is 22.3 Å². The number of nitrogens with zero attached hydrogens (tertiary/aromatic N) is 1. The number of ether oxygens (including phenoxy) is 1. The number of halogens is 1.